The Morgan fingerprint density at radius 3 is 2.76 bits per heavy atom. The van der Waals surface area contributed by atoms with Crippen molar-refractivity contribution < 1.29 is 13.5 Å². The van der Waals surface area contributed by atoms with E-state index in [4.69, 9.17) is 4.74 Å². The molecule has 2 rings (SSSR count). The zero-order valence-electron chi connectivity index (χ0n) is 8.69. The fraction of sp³-hybridized carbons (Fsp3) is 0.182. The lowest BCUT2D eigenvalue weighted by atomic mass is 10.3. The van der Waals surface area contributed by atoms with E-state index in [1.807, 2.05) is 5.38 Å². The number of thiol groups is 1. The molecule has 2 aromatic rings. The van der Waals surface area contributed by atoms with Gasteiger partial charge in [-0.15, -0.1) is 11.3 Å². The number of benzene rings is 1. The number of hydrogen-bond donors (Lipinski definition) is 1. The van der Waals surface area contributed by atoms with Gasteiger partial charge in [0.25, 0.3) is 0 Å². The van der Waals surface area contributed by atoms with Crippen molar-refractivity contribution in [1.29, 1.82) is 0 Å². The predicted octanol–water partition coefficient (Wildman–Crippen LogP) is 3.43. The predicted molar refractivity (Wildman–Crippen MR) is 65.5 cm³/mol. The van der Waals surface area contributed by atoms with Gasteiger partial charge in [0.1, 0.15) is 17.4 Å². The third-order valence-corrected chi connectivity index (χ3v) is 3.21. The summed E-state index contributed by atoms with van der Waals surface area (Å²) < 4.78 is 30.8. The van der Waals surface area contributed by atoms with Crippen molar-refractivity contribution in [2.24, 2.45) is 0 Å². The van der Waals surface area contributed by atoms with Gasteiger partial charge in [-0.1, -0.05) is 0 Å². The summed E-state index contributed by atoms with van der Waals surface area (Å²) in [7, 11) is 0. The number of thiazole rings is 1. The zero-order chi connectivity index (χ0) is 12.3. The topological polar surface area (TPSA) is 22.1 Å². The van der Waals surface area contributed by atoms with Gasteiger partial charge >= 0.3 is 0 Å². The standard InChI is InChI=1S/C11H9F2NOS2/c12-9-2-1-8(3-10(9)13)15-4-11-14-7(5-16)6-17-11/h1-3,6,16H,4-5H2. The lowest BCUT2D eigenvalue weighted by molar-refractivity contribution is 0.302. The summed E-state index contributed by atoms with van der Waals surface area (Å²) in [5.74, 6) is -0.949. The molecule has 1 aromatic heterocycles. The van der Waals surface area contributed by atoms with Gasteiger partial charge < -0.3 is 4.74 Å². The van der Waals surface area contributed by atoms with E-state index in [9.17, 15) is 8.78 Å². The van der Waals surface area contributed by atoms with Gasteiger partial charge in [0.15, 0.2) is 11.6 Å². The van der Waals surface area contributed by atoms with E-state index in [1.165, 1.54) is 17.4 Å². The number of hydrogen-bond acceptors (Lipinski definition) is 4. The van der Waals surface area contributed by atoms with E-state index in [2.05, 4.69) is 17.6 Å². The van der Waals surface area contributed by atoms with Crippen LogP contribution in [0.4, 0.5) is 8.78 Å². The molecule has 2 nitrogen and oxygen atoms in total. The molecule has 0 unspecified atom stereocenters. The van der Waals surface area contributed by atoms with Crippen LogP contribution in [0, 0.1) is 11.6 Å². The summed E-state index contributed by atoms with van der Waals surface area (Å²) in [5, 5.41) is 2.66. The second-order valence-corrected chi connectivity index (χ2v) is 4.51. The van der Waals surface area contributed by atoms with Crippen molar-refractivity contribution in [3.63, 3.8) is 0 Å². The number of ether oxygens (including phenoxy) is 1. The Balaban J connectivity index is 1.99. The van der Waals surface area contributed by atoms with E-state index >= 15 is 0 Å². The third-order valence-electron chi connectivity index (χ3n) is 2.01. The van der Waals surface area contributed by atoms with Gasteiger partial charge in [0, 0.05) is 17.2 Å². The molecule has 17 heavy (non-hydrogen) atoms. The van der Waals surface area contributed by atoms with E-state index in [0.29, 0.717) is 5.75 Å². The molecular weight excluding hydrogens is 264 g/mol. The van der Waals surface area contributed by atoms with Crippen LogP contribution >= 0.6 is 24.0 Å². The normalized spacial score (nSPS) is 10.5. The van der Waals surface area contributed by atoms with E-state index < -0.39 is 11.6 Å². The van der Waals surface area contributed by atoms with Gasteiger partial charge in [-0.2, -0.15) is 12.6 Å². The Labute approximate surface area is 107 Å². The van der Waals surface area contributed by atoms with Crippen molar-refractivity contribution in [3.05, 3.63) is 45.9 Å². The summed E-state index contributed by atoms with van der Waals surface area (Å²) in [6.07, 6.45) is 0. The fourth-order valence-corrected chi connectivity index (χ4v) is 2.19. The highest BCUT2D eigenvalue weighted by Gasteiger charge is 2.05. The quantitative estimate of drug-likeness (QED) is 0.862. The maximum Gasteiger partial charge on any atom is 0.162 e. The van der Waals surface area contributed by atoms with Crippen LogP contribution in [-0.4, -0.2) is 4.98 Å². The van der Waals surface area contributed by atoms with Crippen molar-refractivity contribution in [2.45, 2.75) is 12.4 Å². The Hall–Kier alpha value is -1.14. The molecule has 0 fully saturated rings. The average molecular weight is 273 g/mol. The highest BCUT2D eigenvalue weighted by atomic mass is 32.1. The Bertz CT molecular complexity index is 516. The summed E-state index contributed by atoms with van der Waals surface area (Å²) in [5.41, 5.74) is 0.877. The van der Waals surface area contributed by atoms with Gasteiger partial charge in [-0.3, -0.25) is 0 Å². The molecule has 0 aliphatic carbocycles. The lowest BCUT2D eigenvalue weighted by Gasteiger charge is -2.03. The highest BCUT2D eigenvalue weighted by molar-refractivity contribution is 7.79. The molecule has 1 aromatic carbocycles. The minimum absolute atomic E-state index is 0.240. The molecule has 1 heterocycles. The molecule has 0 saturated carbocycles. The minimum atomic E-state index is -0.919. The van der Waals surface area contributed by atoms with Crippen LogP contribution in [-0.2, 0) is 12.4 Å². The first-order valence-electron chi connectivity index (χ1n) is 4.81. The Morgan fingerprint density at radius 2 is 2.12 bits per heavy atom. The van der Waals surface area contributed by atoms with Crippen molar-refractivity contribution >= 4 is 24.0 Å². The highest BCUT2D eigenvalue weighted by Crippen LogP contribution is 2.18. The van der Waals surface area contributed by atoms with Gasteiger partial charge in [0.05, 0.1) is 5.69 Å². The van der Waals surface area contributed by atoms with Crippen molar-refractivity contribution in [1.82, 2.24) is 4.98 Å². The number of aromatic nitrogens is 1. The van der Waals surface area contributed by atoms with Gasteiger partial charge in [0.2, 0.25) is 0 Å². The molecule has 0 aliphatic heterocycles. The van der Waals surface area contributed by atoms with Crippen LogP contribution in [0.15, 0.2) is 23.6 Å². The van der Waals surface area contributed by atoms with Crippen LogP contribution < -0.4 is 4.74 Å². The first-order chi connectivity index (χ1) is 8.19. The summed E-state index contributed by atoms with van der Waals surface area (Å²) >= 11 is 5.55. The first-order valence-corrected chi connectivity index (χ1v) is 6.32. The maximum absolute atomic E-state index is 12.9. The third kappa shape index (κ3) is 3.17. The molecule has 0 amide bonds. The average Bonchev–Trinajstić information content (AvgIpc) is 2.79. The minimum Gasteiger partial charge on any atom is -0.486 e. The molecule has 0 aliphatic rings. The maximum atomic E-state index is 12.9. The molecule has 0 radical (unpaired) electrons. The Kier molecular flexibility index (Phi) is 3.96. The number of nitrogens with zero attached hydrogens (tertiary/aromatic N) is 1. The van der Waals surface area contributed by atoms with Crippen molar-refractivity contribution in [3.8, 4) is 5.75 Å². The lowest BCUT2D eigenvalue weighted by Crippen LogP contribution is -1.96. The molecule has 90 valence electrons. The van der Waals surface area contributed by atoms with E-state index in [0.717, 1.165) is 22.8 Å². The van der Waals surface area contributed by atoms with Crippen LogP contribution in [0.3, 0.4) is 0 Å². The zero-order valence-corrected chi connectivity index (χ0v) is 10.4. The molecule has 0 N–H and O–H groups in total. The van der Waals surface area contributed by atoms with Crippen LogP contribution in [0.2, 0.25) is 0 Å². The van der Waals surface area contributed by atoms with Crippen molar-refractivity contribution in [2.75, 3.05) is 0 Å². The molecule has 0 spiro atoms. The number of rotatable bonds is 4. The van der Waals surface area contributed by atoms with Gasteiger partial charge in [-0.25, -0.2) is 13.8 Å². The SMILES string of the molecule is Fc1ccc(OCc2nc(CS)cs2)cc1F. The first kappa shape index (κ1) is 12.3. The fourth-order valence-electron chi connectivity index (χ4n) is 1.20. The second kappa shape index (κ2) is 5.46. The van der Waals surface area contributed by atoms with Crippen LogP contribution in [0.5, 0.6) is 5.75 Å². The molecule has 0 saturated heterocycles. The largest absolute Gasteiger partial charge is 0.486 e. The smallest absolute Gasteiger partial charge is 0.162 e. The van der Waals surface area contributed by atoms with E-state index in [1.54, 1.807) is 0 Å². The summed E-state index contributed by atoms with van der Waals surface area (Å²) in [4.78, 5) is 4.23. The number of halogens is 2. The molecule has 0 atom stereocenters. The van der Waals surface area contributed by atoms with E-state index in [-0.39, 0.29) is 12.4 Å². The molecule has 6 heteroatoms. The summed E-state index contributed by atoms with van der Waals surface area (Å²) in [6.45, 7) is 0.240. The van der Waals surface area contributed by atoms with Gasteiger partial charge in [-0.05, 0) is 12.1 Å². The summed E-state index contributed by atoms with van der Waals surface area (Å²) in [6, 6.07) is 3.43. The monoisotopic (exact) mass is 273 g/mol. The second-order valence-electron chi connectivity index (χ2n) is 3.26. The van der Waals surface area contributed by atoms with Crippen LogP contribution in [0.1, 0.15) is 10.7 Å². The molecule has 0 bridgehead atoms. The molecular formula is C11H9F2NOS2. The van der Waals surface area contributed by atoms with Crippen LogP contribution in [0.25, 0.3) is 0 Å². The Morgan fingerprint density at radius 1 is 1.29 bits per heavy atom.